The Morgan fingerprint density at radius 1 is 0.778 bits per heavy atom. The third kappa shape index (κ3) is 2.09. The highest BCUT2D eigenvalue weighted by atomic mass is 35.5. The largest absolute Gasteiger partial charge is 0.275 e. The minimum absolute atomic E-state index is 0.762. The van der Waals surface area contributed by atoms with Crippen molar-refractivity contribution < 1.29 is 4.57 Å². The molecule has 0 unspecified atom stereocenters. The summed E-state index contributed by atoms with van der Waals surface area (Å²) in [6.45, 7) is 0.793. The molecule has 88 valence electrons. The summed E-state index contributed by atoms with van der Waals surface area (Å²) in [4.78, 5) is 0. The van der Waals surface area contributed by atoms with Crippen LogP contribution in [0.4, 0.5) is 0 Å². The van der Waals surface area contributed by atoms with Crippen molar-refractivity contribution in [3.63, 3.8) is 0 Å². The van der Waals surface area contributed by atoms with Gasteiger partial charge in [0.1, 0.15) is 0 Å². The first-order chi connectivity index (χ1) is 8.84. The SMILES string of the molecule is Clc1ccc2ccccc2[n+]1Cc1ccccc1. The van der Waals surface area contributed by atoms with Gasteiger partial charge in [0, 0.05) is 23.1 Å². The van der Waals surface area contributed by atoms with E-state index in [2.05, 4.69) is 47.0 Å². The van der Waals surface area contributed by atoms with Crippen molar-refractivity contribution in [3.8, 4) is 0 Å². The topological polar surface area (TPSA) is 3.88 Å². The molecule has 1 nitrogen and oxygen atoms in total. The van der Waals surface area contributed by atoms with Crippen LogP contribution in [0.2, 0.25) is 5.15 Å². The van der Waals surface area contributed by atoms with E-state index in [4.69, 9.17) is 11.6 Å². The fourth-order valence-corrected chi connectivity index (χ4v) is 2.38. The van der Waals surface area contributed by atoms with Crippen LogP contribution >= 0.6 is 11.6 Å². The van der Waals surface area contributed by atoms with E-state index in [-0.39, 0.29) is 0 Å². The summed E-state index contributed by atoms with van der Waals surface area (Å²) in [7, 11) is 0. The van der Waals surface area contributed by atoms with E-state index in [1.165, 1.54) is 10.9 Å². The number of fused-ring (bicyclic) bond motifs is 1. The van der Waals surface area contributed by atoms with Gasteiger partial charge in [-0.15, -0.1) is 0 Å². The van der Waals surface area contributed by atoms with E-state index in [0.29, 0.717) is 0 Å². The van der Waals surface area contributed by atoms with E-state index in [9.17, 15) is 0 Å². The predicted octanol–water partition coefficient (Wildman–Crippen LogP) is 3.83. The molecule has 0 N–H and O–H groups in total. The summed E-state index contributed by atoms with van der Waals surface area (Å²) in [5.41, 5.74) is 2.41. The number of pyridine rings is 1. The number of halogens is 1. The summed E-state index contributed by atoms with van der Waals surface area (Å²) in [5, 5.41) is 1.97. The molecule has 18 heavy (non-hydrogen) atoms. The first-order valence-electron chi connectivity index (χ1n) is 5.95. The highest BCUT2D eigenvalue weighted by Crippen LogP contribution is 2.14. The van der Waals surface area contributed by atoms with Crippen LogP contribution in [0.15, 0.2) is 66.7 Å². The second-order valence-corrected chi connectivity index (χ2v) is 4.67. The van der Waals surface area contributed by atoms with Gasteiger partial charge in [0.2, 0.25) is 5.52 Å². The molecule has 2 aromatic carbocycles. The number of benzene rings is 2. The summed E-state index contributed by atoms with van der Waals surface area (Å²) in [6, 6.07) is 22.7. The molecule has 0 saturated carbocycles. The van der Waals surface area contributed by atoms with Crippen LogP contribution in [0.3, 0.4) is 0 Å². The van der Waals surface area contributed by atoms with Crippen molar-refractivity contribution in [2.75, 3.05) is 0 Å². The van der Waals surface area contributed by atoms with E-state index in [1.54, 1.807) is 0 Å². The highest BCUT2D eigenvalue weighted by molar-refractivity contribution is 6.28. The normalized spacial score (nSPS) is 10.7. The van der Waals surface area contributed by atoms with Gasteiger partial charge in [0.05, 0.1) is 0 Å². The predicted molar refractivity (Wildman–Crippen MR) is 74.7 cm³/mol. The second-order valence-electron chi connectivity index (χ2n) is 4.29. The molecular formula is C16H13ClN+. The van der Waals surface area contributed by atoms with Crippen molar-refractivity contribution in [1.82, 2.24) is 0 Å². The van der Waals surface area contributed by atoms with Crippen LogP contribution in [0.5, 0.6) is 0 Å². The summed E-state index contributed by atoms with van der Waals surface area (Å²) in [5.74, 6) is 0. The minimum Gasteiger partial charge on any atom is -0.177 e. The van der Waals surface area contributed by atoms with Gasteiger partial charge in [-0.3, -0.25) is 0 Å². The molecule has 0 aliphatic rings. The van der Waals surface area contributed by atoms with Crippen LogP contribution < -0.4 is 4.57 Å². The lowest BCUT2D eigenvalue weighted by Crippen LogP contribution is -2.36. The third-order valence-corrected chi connectivity index (χ3v) is 3.40. The molecule has 0 saturated heterocycles. The summed E-state index contributed by atoms with van der Waals surface area (Å²) in [6.07, 6.45) is 0. The lowest BCUT2D eigenvalue weighted by atomic mass is 10.2. The number of nitrogens with zero attached hydrogens (tertiary/aromatic N) is 1. The Morgan fingerprint density at radius 2 is 1.50 bits per heavy atom. The lowest BCUT2D eigenvalue weighted by Gasteiger charge is -2.03. The van der Waals surface area contributed by atoms with Crippen molar-refractivity contribution in [1.29, 1.82) is 0 Å². The average molecular weight is 255 g/mol. The number of hydrogen-bond donors (Lipinski definition) is 0. The van der Waals surface area contributed by atoms with Crippen LogP contribution in [0.1, 0.15) is 5.56 Å². The zero-order valence-corrected chi connectivity index (χ0v) is 10.6. The number of hydrogen-bond acceptors (Lipinski definition) is 0. The summed E-state index contributed by atoms with van der Waals surface area (Å²) >= 11 is 6.32. The van der Waals surface area contributed by atoms with Crippen molar-refractivity contribution in [2.45, 2.75) is 6.54 Å². The maximum Gasteiger partial charge on any atom is 0.275 e. The number of aromatic nitrogens is 1. The third-order valence-electron chi connectivity index (χ3n) is 3.07. The van der Waals surface area contributed by atoms with Gasteiger partial charge in [0.25, 0.3) is 5.15 Å². The van der Waals surface area contributed by atoms with Crippen LogP contribution in [0, 0.1) is 0 Å². The molecule has 0 fully saturated rings. The van der Waals surface area contributed by atoms with Gasteiger partial charge in [-0.05, 0) is 23.7 Å². The molecule has 1 heterocycles. The standard InChI is InChI=1S/C16H13ClN/c17-16-11-10-14-8-4-5-9-15(14)18(16)12-13-6-2-1-3-7-13/h1-11H,12H2/q+1. The molecule has 1 aromatic heterocycles. The van der Waals surface area contributed by atoms with E-state index < -0.39 is 0 Å². The maximum atomic E-state index is 6.32. The molecule has 3 rings (SSSR count). The molecule has 0 atom stereocenters. The molecule has 3 aromatic rings. The highest BCUT2D eigenvalue weighted by Gasteiger charge is 2.13. The molecule has 0 aliphatic heterocycles. The smallest absolute Gasteiger partial charge is 0.177 e. The second kappa shape index (κ2) is 4.79. The van der Waals surface area contributed by atoms with E-state index >= 15 is 0 Å². The monoisotopic (exact) mass is 254 g/mol. The molecule has 2 heteroatoms. The van der Waals surface area contributed by atoms with E-state index in [0.717, 1.165) is 17.2 Å². The number of rotatable bonds is 2. The van der Waals surface area contributed by atoms with Gasteiger partial charge < -0.3 is 0 Å². The Bertz CT molecular complexity index is 677. The summed E-state index contributed by atoms with van der Waals surface area (Å²) < 4.78 is 2.13. The quantitative estimate of drug-likeness (QED) is 0.483. The van der Waals surface area contributed by atoms with Crippen LogP contribution in [-0.4, -0.2) is 0 Å². The molecule has 0 spiro atoms. The first-order valence-corrected chi connectivity index (χ1v) is 6.33. The Morgan fingerprint density at radius 3 is 2.33 bits per heavy atom. The van der Waals surface area contributed by atoms with Crippen molar-refractivity contribution >= 4 is 22.5 Å². The fraction of sp³-hybridized carbons (Fsp3) is 0.0625. The zero-order chi connectivity index (χ0) is 12.4. The zero-order valence-electron chi connectivity index (χ0n) is 9.88. The molecule has 0 radical (unpaired) electrons. The van der Waals surface area contributed by atoms with Gasteiger partial charge in [-0.2, -0.15) is 4.57 Å². The average Bonchev–Trinajstić information content (AvgIpc) is 2.43. The van der Waals surface area contributed by atoms with Gasteiger partial charge in [0.15, 0.2) is 6.54 Å². The van der Waals surface area contributed by atoms with Crippen LogP contribution in [0.25, 0.3) is 10.9 Å². The first kappa shape index (κ1) is 11.2. The molecular weight excluding hydrogens is 242 g/mol. The van der Waals surface area contributed by atoms with Gasteiger partial charge >= 0.3 is 0 Å². The Hall–Kier alpha value is -1.86. The number of para-hydroxylation sites is 1. The van der Waals surface area contributed by atoms with E-state index in [1.807, 2.05) is 24.3 Å². The van der Waals surface area contributed by atoms with Crippen molar-refractivity contribution in [2.24, 2.45) is 0 Å². The fourth-order valence-electron chi connectivity index (χ4n) is 2.16. The van der Waals surface area contributed by atoms with Crippen molar-refractivity contribution in [3.05, 3.63) is 77.4 Å². The molecule has 0 aliphatic carbocycles. The minimum atomic E-state index is 0.762. The lowest BCUT2D eigenvalue weighted by molar-refractivity contribution is -0.660. The molecule has 0 amide bonds. The Balaban J connectivity index is 2.13. The molecule has 0 bridgehead atoms. The maximum absolute atomic E-state index is 6.32. The van der Waals surface area contributed by atoms with Gasteiger partial charge in [-0.1, -0.05) is 42.5 Å². The Labute approximate surface area is 111 Å². The van der Waals surface area contributed by atoms with Gasteiger partial charge in [-0.25, -0.2) is 0 Å². The van der Waals surface area contributed by atoms with Crippen LogP contribution in [-0.2, 0) is 6.54 Å². The Kier molecular flexibility index (Phi) is 2.99.